The Morgan fingerprint density at radius 2 is 1.38 bits per heavy atom. The van der Waals surface area contributed by atoms with Gasteiger partial charge in [0.05, 0.1) is 6.04 Å². The average Bonchev–Trinajstić information content (AvgIpc) is 1.94. The molecule has 0 spiro atoms. The van der Waals surface area contributed by atoms with Gasteiger partial charge in [0.25, 0.3) is 0 Å². The smallest absolute Gasteiger partial charge is 0.0843 e. The molecular formula is C7H16N+. The summed E-state index contributed by atoms with van der Waals surface area (Å²) in [6.45, 7) is 0. The van der Waals surface area contributed by atoms with E-state index < -0.39 is 0 Å². The first-order chi connectivity index (χ1) is 3.89. The summed E-state index contributed by atoms with van der Waals surface area (Å²) in [5, 5.41) is 0. The van der Waals surface area contributed by atoms with Gasteiger partial charge in [-0.25, -0.2) is 0 Å². The topological polar surface area (TPSA) is 27.6 Å². The minimum Gasteiger partial charge on any atom is -0.355 e. The van der Waals surface area contributed by atoms with Crippen molar-refractivity contribution in [1.82, 2.24) is 0 Å². The normalized spacial score (nSPS) is 25.1. The molecule has 0 aromatic rings. The summed E-state index contributed by atoms with van der Waals surface area (Å²) < 4.78 is 0. The van der Waals surface area contributed by atoms with Gasteiger partial charge in [-0.15, -0.1) is 0 Å². The van der Waals surface area contributed by atoms with Crippen LogP contribution in [0.2, 0.25) is 0 Å². The SMILES string of the molecule is [NH3+]C1CCCCCC1. The van der Waals surface area contributed by atoms with Gasteiger partial charge in [-0.2, -0.15) is 0 Å². The molecule has 1 fully saturated rings. The van der Waals surface area contributed by atoms with Crippen LogP contribution in [0.15, 0.2) is 0 Å². The van der Waals surface area contributed by atoms with Crippen molar-refractivity contribution in [3.05, 3.63) is 0 Å². The second kappa shape index (κ2) is 3.08. The lowest BCUT2D eigenvalue weighted by atomic mass is 10.1. The van der Waals surface area contributed by atoms with Crippen LogP contribution in [0.5, 0.6) is 0 Å². The van der Waals surface area contributed by atoms with E-state index in [9.17, 15) is 0 Å². The predicted octanol–water partition coefficient (Wildman–Crippen LogP) is 0.951. The Labute approximate surface area is 51.3 Å². The van der Waals surface area contributed by atoms with Crippen molar-refractivity contribution in [2.75, 3.05) is 0 Å². The second-order valence-corrected chi connectivity index (χ2v) is 2.86. The fourth-order valence-corrected chi connectivity index (χ4v) is 1.36. The van der Waals surface area contributed by atoms with Gasteiger partial charge in [0.1, 0.15) is 0 Å². The van der Waals surface area contributed by atoms with Crippen molar-refractivity contribution >= 4 is 0 Å². The van der Waals surface area contributed by atoms with E-state index in [1.54, 1.807) is 0 Å². The van der Waals surface area contributed by atoms with Crippen LogP contribution in [-0.4, -0.2) is 6.04 Å². The Morgan fingerprint density at radius 1 is 0.875 bits per heavy atom. The molecule has 0 radical (unpaired) electrons. The summed E-state index contributed by atoms with van der Waals surface area (Å²) in [7, 11) is 0. The number of rotatable bonds is 0. The quantitative estimate of drug-likeness (QED) is 0.454. The van der Waals surface area contributed by atoms with E-state index in [2.05, 4.69) is 5.73 Å². The third-order valence-corrected chi connectivity index (χ3v) is 1.97. The molecule has 0 aromatic heterocycles. The molecule has 0 saturated heterocycles. The van der Waals surface area contributed by atoms with Crippen LogP contribution in [0.4, 0.5) is 0 Å². The highest BCUT2D eigenvalue weighted by molar-refractivity contribution is 4.59. The first-order valence-corrected chi connectivity index (χ1v) is 3.72. The summed E-state index contributed by atoms with van der Waals surface area (Å²) in [6.07, 6.45) is 8.50. The van der Waals surface area contributed by atoms with Crippen LogP contribution < -0.4 is 5.73 Å². The molecule has 1 aliphatic carbocycles. The molecule has 1 rings (SSSR count). The minimum absolute atomic E-state index is 0.775. The van der Waals surface area contributed by atoms with Crippen molar-refractivity contribution in [3.8, 4) is 0 Å². The fourth-order valence-electron chi connectivity index (χ4n) is 1.36. The van der Waals surface area contributed by atoms with E-state index in [-0.39, 0.29) is 0 Å². The number of quaternary nitrogens is 1. The zero-order valence-corrected chi connectivity index (χ0v) is 5.53. The zero-order valence-electron chi connectivity index (χ0n) is 5.53. The van der Waals surface area contributed by atoms with Crippen molar-refractivity contribution in [2.45, 2.75) is 44.6 Å². The molecule has 1 aliphatic rings. The van der Waals surface area contributed by atoms with E-state index in [1.807, 2.05) is 0 Å². The number of hydrogen-bond donors (Lipinski definition) is 1. The molecule has 0 aromatic carbocycles. The van der Waals surface area contributed by atoms with Crippen molar-refractivity contribution < 1.29 is 5.73 Å². The highest BCUT2D eigenvalue weighted by Gasteiger charge is 2.08. The third-order valence-electron chi connectivity index (χ3n) is 1.97. The molecule has 8 heavy (non-hydrogen) atoms. The van der Waals surface area contributed by atoms with E-state index in [0.29, 0.717) is 0 Å². The first-order valence-electron chi connectivity index (χ1n) is 3.72. The highest BCUT2D eigenvalue weighted by Crippen LogP contribution is 2.13. The van der Waals surface area contributed by atoms with E-state index in [4.69, 9.17) is 0 Å². The van der Waals surface area contributed by atoms with Gasteiger partial charge in [0, 0.05) is 0 Å². The van der Waals surface area contributed by atoms with Gasteiger partial charge in [0.2, 0.25) is 0 Å². The molecule has 1 saturated carbocycles. The van der Waals surface area contributed by atoms with Crippen LogP contribution in [-0.2, 0) is 0 Å². The van der Waals surface area contributed by atoms with E-state index in [1.165, 1.54) is 38.5 Å². The van der Waals surface area contributed by atoms with Gasteiger partial charge in [-0.3, -0.25) is 0 Å². The largest absolute Gasteiger partial charge is 0.355 e. The molecule has 0 bridgehead atoms. The van der Waals surface area contributed by atoms with Crippen LogP contribution in [0, 0.1) is 0 Å². The molecule has 1 heteroatoms. The summed E-state index contributed by atoms with van der Waals surface area (Å²) in [4.78, 5) is 0. The molecule has 3 N–H and O–H groups in total. The van der Waals surface area contributed by atoms with Crippen LogP contribution in [0.25, 0.3) is 0 Å². The fraction of sp³-hybridized carbons (Fsp3) is 1.00. The zero-order chi connectivity index (χ0) is 5.82. The Balaban J connectivity index is 2.17. The maximum Gasteiger partial charge on any atom is 0.0843 e. The number of hydrogen-bond acceptors (Lipinski definition) is 0. The summed E-state index contributed by atoms with van der Waals surface area (Å²) in [5.74, 6) is 0. The van der Waals surface area contributed by atoms with Gasteiger partial charge in [-0.1, -0.05) is 12.8 Å². The van der Waals surface area contributed by atoms with E-state index in [0.717, 1.165) is 6.04 Å². The Kier molecular flexibility index (Phi) is 2.34. The molecular weight excluding hydrogens is 98.1 g/mol. The molecule has 0 amide bonds. The predicted molar refractivity (Wildman–Crippen MR) is 34.4 cm³/mol. The lowest BCUT2D eigenvalue weighted by Gasteiger charge is -1.99. The van der Waals surface area contributed by atoms with Crippen LogP contribution >= 0.6 is 0 Å². The van der Waals surface area contributed by atoms with Crippen molar-refractivity contribution in [1.29, 1.82) is 0 Å². The van der Waals surface area contributed by atoms with Gasteiger partial charge < -0.3 is 5.73 Å². The molecule has 0 aliphatic heterocycles. The Morgan fingerprint density at radius 3 is 1.88 bits per heavy atom. The monoisotopic (exact) mass is 114 g/mol. The molecule has 0 heterocycles. The van der Waals surface area contributed by atoms with Crippen molar-refractivity contribution in [3.63, 3.8) is 0 Å². The summed E-state index contributed by atoms with van der Waals surface area (Å²) >= 11 is 0. The van der Waals surface area contributed by atoms with Gasteiger partial charge >= 0.3 is 0 Å². The Hall–Kier alpha value is -0.0400. The summed E-state index contributed by atoms with van der Waals surface area (Å²) in [5.41, 5.74) is 4.06. The highest BCUT2D eigenvalue weighted by atomic mass is 14.6. The second-order valence-electron chi connectivity index (χ2n) is 2.86. The van der Waals surface area contributed by atoms with E-state index >= 15 is 0 Å². The maximum absolute atomic E-state index is 4.06. The summed E-state index contributed by atoms with van der Waals surface area (Å²) in [6, 6.07) is 0.775. The molecule has 1 nitrogen and oxygen atoms in total. The first kappa shape index (κ1) is 6.09. The molecule has 48 valence electrons. The maximum atomic E-state index is 4.06. The lowest BCUT2D eigenvalue weighted by molar-refractivity contribution is -0.422. The molecule has 0 atom stereocenters. The Bertz CT molecular complexity index is 53.4. The standard InChI is InChI=1S/C7H15N/c8-7-5-3-1-2-4-6-7/h7H,1-6,8H2/p+1. The third kappa shape index (κ3) is 1.83. The van der Waals surface area contributed by atoms with Gasteiger partial charge in [-0.05, 0) is 25.7 Å². The lowest BCUT2D eigenvalue weighted by Crippen LogP contribution is -2.60. The van der Waals surface area contributed by atoms with Crippen LogP contribution in [0.3, 0.4) is 0 Å². The molecule has 0 unspecified atom stereocenters. The van der Waals surface area contributed by atoms with Gasteiger partial charge in [0.15, 0.2) is 0 Å². The minimum atomic E-state index is 0.775. The van der Waals surface area contributed by atoms with Crippen LogP contribution in [0.1, 0.15) is 38.5 Å². The van der Waals surface area contributed by atoms with Crippen molar-refractivity contribution in [2.24, 2.45) is 0 Å². The average molecular weight is 114 g/mol.